The van der Waals surface area contributed by atoms with Crippen LogP contribution in [-0.2, 0) is 0 Å². The van der Waals surface area contributed by atoms with Crippen molar-refractivity contribution in [2.45, 2.75) is 0 Å². The van der Waals surface area contributed by atoms with Crippen molar-refractivity contribution >= 4 is 60.8 Å². The van der Waals surface area contributed by atoms with Crippen molar-refractivity contribution in [3.63, 3.8) is 0 Å². The standard InChI is InChI=1S/C33H22BrNO/c34-27-13-19-30(20-14-27)35(28-15-9-23(22-36)10-16-28)29-17-11-24(12-18-29)33-31-7-3-1-5-25(31)21-26-6-2-4-8-32(26)33/h1-22H. The zero-order valence-corrected chi connectivity index (χ0v) is 21.0. The van der Waals surface area contributed by atoms with Gasteiger partial charge in [-0.05, 0) is 99.4 Å². The van der Waals surface area contributed by atoms with Gasteiger partial charge in [0.05, 0.1) is 0 Å². The predicted octanol–water partition coefficient (Wildman–Crippen LogP) is 9.70. The average molecular weight is 528 g/mol. The van der Waals surface area contributed by atoms with E-state index in [2.05, 4.69) is 112 Å². The van der Waals surface area contributed by atoms with Crippen molar-refractivity contribution in [3.05, 3.63) is 137 Å². The normalized spacial score (nSPS) is 11.0. The molecule has 0 aliphatic rings. The van der Waals surface area contributed by atoms with Gasteiger partial charge in [-0.25, -0.2) is 0 Å². The van der Waals surface area contributed by atoms with Crippen LogP contribution in [0.3, 0.4) is 0 Å². The Morgan fingerprint density at radius 2 is 1.03 bits per heavy atom. The minimum Gasteiger partial charge on any atom is -0.311 e. The van der Waals surface area contributed by atoms with Gasteiger partial charge in [-0.2, -0.15) is 0 Å². The summed E-state index contributed by atoms with van der Waals surface area (Å²) < 4.78 is 1.03. The van der Waals surface area contributed by atoms with Crippen molar-refractivity contribution in [3.8, 4) is 11.1 Å². The van der Waals surface area contributed by atoms with Crippen LogP contribution in [-0.4, -0.2) is 6.29 Å². The molecular formula is C33H22BrNO. The van der Waals surface area contributed by atoms with Crippen molar-refractivity contribution in [2.24, 2.45) is 0 Å². The van der Waals surface area contributed by atoms with Crippen molar-refractivity contribution in [1.82, 2.24) is 0 Å². The summed E-state index contributed by atoms with van der Waals surface area (Å²) in [6.45, 7) is 0. The molecule has 0 spiro atoms. The number of hydrogen-bond donors (Lipinski definition) is 0. The molecule has 6 rings (SSSR count). The second kappa shape index (κ2) is 9.44. The molecule has 0 N–H and O–H groups in total. The number of hydrogen-bond acceptors (Lipinski definition) is 2. The number of rotatable bonds is 5. The largest absolute Gasteiger partial charge is 0.311 e. The van der Waals surface area contributed by atoms with Crippen LogP contribution in [0.15, 0.2) is 132 Å². The molecule has 0 bridgehead atoms. The molecule has 36 heavy (non-hydrogen) atoms. The van der Waals surface area contributed by atoms with Crippen LogP contribution in [0.1, 0.15) is 10.4 Å². The summed E-state index contributed by atoms with van der Waals surface area (Å²) in [7, 11) is 0. The minimum absolute atomic E-state index is 0.660. The van der Waals surface area contributed by atoms with E-state index in [9.17, 15) is 4.79 Å². The van der Waals surface area contributed by atoms with E-state index in [0.717, 1.165) is 27.8 Å². The van der Waals surface area contributed by atoms with Gasteiger partial charge in [0, 0.05) is 27.1 Å². The van der Waals surface area contributed by atoms with Crippen molar-refractivity contribution < 1.29 is 4.79 Å². The van der Waals surface area contributed by atoms with Gasteiger partial charge < -0.3 is 4.90 Å². The molecule has 172 valence electrons. The summed E-state index contributed by atoms with van der Waals surface area (Å²) >= 11 is 3.54. The fourth-order valence-electron chi connectivity index (χ4n) is 4.84. The van der Waals surface area contributed by atoms with E-state index >= 15 is 0 Å². The molecule has 0 heterocycles. The first-order chi connectivity index (χ1) is 17.7. The topological polar surface area (TPSA) is 20.3 Å². The van der Waals surface area contributed by atoms with Crippen molar-refractivity contribution in [2.75, 3.05) is 4.90 Å². The molecular weight excluding hydrogens is 506 g/mol. The summed E-state index contributed by atoms with van der Waals surface area (Å²) in [4.78, 5) is 13.4. The lowest BCUT2D eigenvalue weighted by molar-refractivity contribution is 0.112. The number of aldehydes is 1. The first-order valence-electron chi connectivity index (χ1n) is 11.8. The lowest BCUT2D eigenvalue weighted by atomic mass is 9.92. The first kappa shape index (κ1) is 22.3. The SMILES string of the molecule is O=Cc1ccc(N(c2ccc(Br)cc2)c2ccc(-c3c4ccccc4cc4ccccc34)cc2)cc1. The van der Waals surface area contributed by atoms with Gasteiger partial charge in [0.25, 0.3) is 0 Å². The van der Waals surface area contributed by atoms with E-state index in [1.807, 2.05) is 36.4 Å². The number of fused-ring (bicyclic) bond motifs is 2. The molecule has 6 aromatic rings. The third-order valence-electron chi connectivity index (χ3n) is 6.56. The van der Waals surface area contributed by atoms with Gasteiger partial charge in [0.15, 0.2) is 0 Å². The number of carbonyl (C=O) groups excluding carboxylic acids is 1. The Morgan fingerprint density at radius 3 is 1.56 bits per heavy atom. The number of benzene rings is 6. The summed E-state index contributed by atoms with van der Waals surface area (Å²) in [5.41, 5.74) is 6.17. The van der Waals surface area contributed by atoms with Gasteiger partial charge in [0.1, 0.15) is 6.29 Å². The number of carbonyl (C=O) groups is 1. The Morgan fingerprint density at radius 1 is 0.556 bits per heavy atom. The maximum absolute atomic E-state index is 11.2. The molecule has 0 aliphatic carbocycles. The maximum atomic E-state index is 11.2. The molecule has 0 atom stereocenters. The van der Waals surface area contributed by atoms with E-state index in [0.29, 0.717) is 5.56 Å². The highest BCUT2D eigenvalue weighted by Gasteiger charge is 2.14. The lowest BCUT2D eigenvalue weighted by Gasteiger charge is -2.26. The summed E-state index contributed by atoms with van der Waals surface area (Å²) in [5.74, 6) is 0. The number of halogens is 1. The molecule has 6 aromatic carbocycles. The second-order valence-electron chi connectivity index (χ2n) is 8.76. The highest BCUT2D eigenvalue weighted by molar-refractivity contribution is 9.10. The van der Waals surface area contributed by atoms with Crippen LogP contribution in [0, 0.1) is 0 Å². The lowest BCUT2D eigenvalue weighted by Crippen LogP contribution is -2.09. The Bertz CT molecular complexity index is 1630. The molecule has 0 fully saturated rings. The highest BCUT2D eigenvalue weighted by atomic mass is 79.9. The quantitative estimate of drug-likeness (QED) is 0.164. The second-order valence-corrected chi connectivity index (χ2v) is 9.68. The van der Waals surface area contributed by atoms with Gasteiger partial charge in [0.2, 0.25) is 0 Å². The molecule has 0 aliphatic heterocycles. The Kier molecular flexibility index (Phi) is 5.84. The van der Waals surface area contributed by atoms with Crippen LogP contribution < -0.4 is 4.90 Å². The molecule has 3 heteroatoms. The maximum Gasteiger partial charge on any atom is 0.150 e. The Balaban J connectivity index is 1.50. The molecule has 0 radical (unpaired) electrons. The summed E-state index contributed by atoms with van der Waals surface area (Å²) in [6, 6.07) is 44.1. The molecule has 0 saturated heterocycles. The average Bonchev–Trinajstić information content (AvgIpc) is 2.94. The predicted molar refractivity (Wildman–Crippen MR) is 155 cm³/mol. The van der Waals surface area contributed by atoms with Crippen LogP contribution in [0.4, 0.5) is 17.1 Å². The summed E-state index contributed by atoms with van der Waals surface area (Å²) in [6.07, 6.45) is 0.872. The Labute approximate surface area is 218 Å². The van der Waals surface area contributed by atoms with Crippen LogP contribution in [0.25, 0.3) is 32.7 Å². The van der Waals surface area contributed by atoms with Crippen LogP contribution >= 0.6 is 15.9 Å². The van der Waals surface area contributed by atoms with Crippen LogP contribution in [0.5, 0.6) is 0 Å². The van der Waals surface area contributed by atoms with E-state index < -0.39 is 0 Å². The zero-order valence-electron chi connectivity index (χ0n) is 19.4. The van der Waals surface area contributed by atoms with E-state index in [1.165, 1.54) is 32.7 Å². The van der Waals surface area contributed by atoms with Gasteiger partial charge >= 0.3 is 0 Å². The fourth-order valence-corrected chi connectivity index (χ4v) is 5.11. The monoisotopic (exact) mass is 527 g/mol. The third-order valence-corrected chi connectivity index (χ3v) is 7.09. The first-order valence-corrected chi connectivity index (χ1v) is 12.6. The third kappa shape index (κ3) is 4.08. The Hall–Kier alpha value is -4.21. The molecule has 2 nitrogen and oxygen atoms in total. The minimum atomic E-state index is 0.660. The van der Waals surface area contributed by atoms with E-state index in [-0.39, 0.29) is 0 Å². The molecule has 0 saturated carbocycles. The number of anilines is 3. The van der Waals surface area contributed by atoms with Crippen LogP contribution in [0.2, 0.25) is 0 Å². The molecule has 0 aromatic heterocycles. The molecule has 0 unspecified atom stereocenters. The van der Waals surface area contributed by atoms with Crippen molar-refractivity contribution in [1.29, 1.82) is 0 Å². The number of nitrogens with zero attached hydrogens (tertiary/aromatic N) is 1. The van der Waals surface area contributed by atoms with Gasteiger partial charge in [-0.15, -0.1) is 0 Å². The smallest absolute Gasteiger partial charge is 0.150 e. The van der Waals surface area contributed by atoms with Gasteiger partial charge in [-0.3, -0.25) is 4.79 Å². The zero-order chi connectivity index (χ0) is 24.5. The molecule has 0 amide bonds. The highest BCUT2D eigenvalue weighted by Crippen LogP contribution is 2.39. The summed E-state index contributed by atoms with van der Waals surface area (Å²) in [5, 5.41) is 4.97. The van der Waals surface area contributed by atoms with E-state index in [1.54, 1.807) is 0 Å². The fraction of sp³-hybridized carbons (Fsp3) is 0. The van der Waals surface area contributed by atoms with E-state index in [4.69, 9.17) is 0 Å². The van der Waals surface area contributed by atoms with Gasteiger partial charge in [-0.1, -0.05) is 76.6 Å².